The average Bonchev–Trinajstić information content (AvgIpc) is 3.15. The fraction of sp³-hybridized carbons (Fsp3) is 0.368. The van der Waals surface area contributed by atoms with Crippen LogP contribution in [0.15, 0.2) is 28.8 Å². The molecule has 8 heteroatoms. The minimum atomic E-state index is -0.190. The molecule has 0 atom stereocenters. The molecule has 0 aliphatic heterocycles. The number of nitrogens with one attached hydrogen (secondary N) is 2. The molecule has 0 radical (unpaired) electrons. The molecule has 1 heterocycles. The van der Waals surface area contributed by atoms with Gasteiger partial charge in [-0.2, -0.15) is 4.98 Å². The lowest BCUT2D eigenvalue weighted by atomic mass is 10.2. The van der Waals surface area contributed by atoms with E-state index < -0.39 is 0 Å². The Kier molecular flexibility index (Phi) is 7.85. The van der Waals surface area contributed by atoms with Gasteiger partial charge in [0.05, 0.1) is 13.7 Å². The number of hydrogen-bond donors (Lipinski definition) is 2. The van der Waals surface area contributed by atoms with E-state index in [1.54, 1.807) is 7.11 Å². The Morgan fingerprint density at radius 2 is 1.93 bits per heavy atom. The number of amides is 2. The van der Waals surface area contributed by atoms with Gasteiger partial charge >= 0.3 is 0 Å². The number of ether oxygens (including phenoxy) is 1. The number of nitrogens with zero attached hydrogens (tertiary/aromatic N) is 2. The van der Waals surface area contributed by atoms with Crippen LogP contribution in [0.2, 0.25) is 0 Å². The van der Waals surface area contributed by atoms with Crippen LogP contribution in [0.5, 0.6) is 5.75 Å². The normalized spacial score (nSPS) is 10.1. The van der Waals surface area contributed by atoms with E-state index in [9.17, 15) is 9.59 Å². The van der Waals surface area contributed by atoms with Gasteiger partial charge in [-0.1, -0.05) is 11.1 Å². The summed E-state index contributed by atoms with van der Waals surface area (Å²) in [5, 5.41) is 9.17. The van der Waals surface area contributed by atoms with Gasteiger partial charge in [-0.3, -0.25) is 9.59 Å². The molecule has 0 fully saturated rings. The summed E-state index contributed by atoms with van der Waals surface area (Å²) in [7, 11) is 1.60. The van der Waals surface area contributed by atoms with Crippen molar-refractivity contribution in [2.24, 2.45) is 0 Å². The van der Waals surface area contributed by atoms with Crippen LogP contribution in [0.3, 0.4) is 0 Å². The van der Waals surface area contributed by atoms with Gasteiger partial charge in [0.2, 0.25) is 23.5 Å². The van der Waals surface area contributed by atoms with Crippen molar-refractivity contribution in [3.8, 4) is 29.5 Å². The van der Waals surface area contributed by atoms with E-state index in [0.29, 0.717) is 31.0 Å². The third-order valence-corrected chi connectivity index (χ3v) is 3.67. The lowest BCUT2D eigenvalue weighted by Crippen LogP contribution is -2.30. The van der Waals surface area contributed by atoms with Crippen molar-refractivity contribution in [2.75, 3.05) is 20.2 Å². The Labute approximate surface area is 157 Å². The number of benzene rings is 1. The van der Waals surface area contributed by atoms with Gasteiger partial charge in [0.25, 0.3) is 0 Å². The van der Waals surface area contributed by atoms with E-state index in [4.69, 9.17) is 15.7 Å². The Bertz CT molecular complexity index is 793. The number of carbonyl (C=O) groups excluding carboxylic acids is 2. The largest absolute Gasteiger partial charge is 0.497 e. The second kappa shape index (κ2) is 10.6. The van der Waals surface area contributed by atoms with Crippen molar-refractivity contribution in [2.45, 2.75) is 25.7 Å². The molecule has 0 aliphatic rings. The molecule has 27 heavy (non-hydrogen) atoms. The summed E-state index contributed by atoms with van der Waals surface area (Å²) in [6.07, 6.45) is 6.62. The molecule has 142 valence electrons. The highest BCUT2D eigenvalue weighted by molar-refractivity contribution is 5.79. The first-order valence-electron chi connectivity index (χ1n) is 8.56. The highest BCUT2D eigenvalue weighted by Crippen LogP contribution is 2.20. The SMILES string of the molecule is C#CCNC(=O)CCNC(=O)CCCc1nc(-c2ccc(OC)cc2)no1. The maximum atomic E-state index is 11.8. The number of rotatable bonds is 10. The summed E-state index contributed by atoms with van der Waals surface area (Å²) < 4.78 is 10.3. The Balaban J connectivity index is 1.68. The summed E-state index contributed by atoms with van der Waals surface area (Å²) >= 11 is 0. The van der Waals surface area contributed by atoms with Gasteiger partial charge < -0.3 is 19.9 Å². The number of aromatic nitrogens is 2. The molecular weight excluding hydrogens is 348 g/mol. The van der Waals surface area contributed by atoms with Gasteiger partial charge in [0, 0.05) is 31.4 Å². The van der Waals surface area contributed by atoms with E-state index in [2.05, 4.69) is 26.7 Å². The fourth-order valence-corrected chi connectivity index (χ4v) is 2.26. The van der Waals surface area contributed by atoms with Crippen molar-refractivity contribution >= 4 is 11.8 Å². The van der Waals surface area contributed by atoms with E-state index in [0.717, 1.165) is 11.3 Å². The third kappa shape index (κ3) is 6.82. The number of aryl methyl sites for hydroxylation is 1. The molecule has 2 rings (SSSR count). The second-order valence-electron chi connectivity index (χ2n) is 5.67. The highest BCUT2D eigenvalue weighted by atomic mass is 16.5. The first-order chi connectivity index (χ1) is 13.1. The smallest absolute Gasteiger partial charge is 0.226 e. The summed E-state index contributed by atoms with van der Waals surface area (Å²) in [4.78, 5) is 27.4. The standard InChI is InChI=1S/C19H22N4O4/c1-3-12-20-17(25)11-13-21-16(24)5-4-6-18-22-19(23-27-18)14-7-9-15(26-2)10-8-14/h1,7-10H,4-6,11-13H2,2H3,(H,20,25)(H,21,24). The van der Waals surface area contributed by atoms with Crippen molar-refractivity contribution < 1.29 is 18.8 Å². The molecule has 0 saturated heterocycles. The minimum absolute atomic E-state index is 0.130. The quantitative estimate of drug-likeness (QED) is 0.611. The van der Waals surface area contributed by atoms with Crippen LogP contribution in [0.4, 0.5) is 0 Å². The van der Waals surface area contributed by atoms with Gasteiger partial charge in [0.1, 0.15) is 5.75 Å². The van der Waals surface area contributed by atoms with Crippen molar-refractivity contribution in [1.29, 1.82) is 0 Å². The van der Waals surface area contributed by atoms with Crippen LogP contribution >= 0.6 is 0 Å². The van der Waals surface area contributed by atoms with E-state index in [1.165, 1.54) is 0 Å². The maximum Gasteiger partial charge on any atom is 0.226 e. The molecule has 0 saturated carbocycles. The molecule has 2 aromatic rings. The van der Waals surface area contributed by atoms with Crippen molar-refractivity contribution in [3.63, 3.8) is 0 Å². The minimum Gasteiger partial charge on any atom is -0.497 e. The topological polar surface area (TPSA) is 106 Å². The molecule has 2 N–H and O–H groups in total. The Morgan fingerprint density at radius 1 is 1.19 bits per heavy atom. The molecule has 1 aromatic heterocycles. The van der Waals surface area contributed by atoms with Gasteiger partial charge in [-0.05, 0) is 30.7 Å². The average molecular weight is 370 g/mol. The van der Waals surface area contributed by atoms with Crippen molar-refractivity contribution in [1.82, 2.24) is 20.8 Å². The predicted molar refractivity (Wildman–Crippen MR) is 98.7 cm³/mol. The fourth-order valence-electron chi connectivity index (χ4n) is 2.26. The summed E-state index contributed by atoms with van der Waals surface area (Å²) in [5.74, 6) is 3.72. The first kappa shape index (κ1) is 20.0. The Morgan fingerprint density at radius 3 is 2.63 bits per heavy atom. The van der Waals surface area contributed by atoms with Crippen LogP contribution in [0, 0.1) is 12.3 Å². The van der Waals surface area contributed by atoms with Crippen LogP contribution < -0.4 is 15.4 Å². The number of carbonyl (C=O) groups is 2. The predicted octanol–water partition coefficient (Wildman–Crippen LogP) is 1.32. The van der Waals surface area contributed by atoms with E-state index >= 15 is 0 Å². The van der Waals surface area contributed by atoms with Gasteiger partial charge in [-0.25, -0.2) is 0 Å². The summed E-state index contributed by atoms with van der Waals surface area (Å²) in [6, 6.07) is 7.34. The monoisotopic (exact) mass is 370 g/mol. The zero-order valence-corrected chi connectivity index (χ0v) is 15.2. The van der Waals surface area contributed by atoms with Crippen LogP contribution in [0.1, 0.15) is 25.2 Å². The maximum absolute atomic E-state index is 11.8. The highest BCUT2D eigenvalue weighted by Gasteiger charge is 2.10. The molecule has 0 unspecified atom stereocenters. The lowest BCUT2D eigenvalue weighted by Gasteiger charge is -2.04. The van der Waals surface area contributed by atoms with E-state index in [-0.39, 0.29) is 31.3 Å². The number of methoxy groups -OCH3 is 1. The van der Waals surface area contributed by atoms with Crippen molar-refractivity contribution in [3.05, 3.63) is 30.2 Å². The van der Waals surface area contributed by atoms with Crippen LogP contribution in [0.25, 0.3) is 11.4 Å². The zero-order chi connectivity index (χ0) is 19.5. The molecule has 2 amide bonds. The molecule has 0 aliphatic carbocycles. The molecular formula is C19H22N4O4. The zero-order valence-electron chi connectivity index (χ0n) is 15.2. The van der Waals surface area contributed by atoms with E-state index in [1.807, 2.05) is 24.3 Å². The summed E-state index contributed by atoms with van der Waals surface area (Å²) in [6.45, 7) is 0.465. The van der Waals surface area contributed by atoms with Crippen LogP contribution in [-0.2, 0) is 16.0 Å². The molecule has 0 bridgehead atoms. The number of hydrogen-bond acceptors (Lipinski definition) is 6. The van der Waals surface area contributed by atoms with Gasteiger partial charge in [0.15, 0.2) is 0 Å². The Hall–Kier alpha value is -3.34. The third-order valence-electron chi connectivity index (χ3n) is 3.67. The lowest BCUT2D eigenvalue weighted by molar-refractivity contribution is -0.122. The number of terminal acetylenes is 1. The van der Waals surface area contributed by atoms with Gasteiger partial charge in [-0.15, -0.1) is 6.42 Å². The molecule has 8 nitrogen and oxygen atoms in total. The molecule has 0 spiro atoms. The molecule has 1 aromatic carbocycles. The summed E-state index contributed by atoms with van der Waals surface area (Å²) in [5.41, 5.74) is 0.826. The first-order valence-corrected chi connectivity index (χ1v) is 8.56. The second-order valence-corrected chi connectivity index (χ2v) is 5.67. The van der Waals surface area contributed by atoms with Crippen LogP contribution in [-0.4, -0.2) is 42.2 Å².